The maximum Gasteiger partial charge on any atom is 0.279 e. The van der Waals surface area contributed by atoms with Gasteiger partial charge in [0.2, 0.25) is 30.5 Å². The molecule has 16 nitrogen and oxygen atoms in total. The molecule has 4 aromatic rings. The van der Waals surface area contributed by atoms with E-state index in [1.54, 1.807) is 43.1 Å². The van der Waals surface area contributed by atoms with Crippen LogP contribution in [0.15, 0.2) is 77.7 Å². The summed E-state index contributed by atoms with van der Waals surface area (Å²) in [4.78, 5) is 94.4. The first-order valence-corrected chi connectivity index (χ1v) is 23.5. The van der Waals surface area contributed by atoms with Gasteiger partial charge in [-0.05, 0) is 106 Å². The van der Waals surface area contributed by atoms with Crippen molar-refractivity contribution >= 4 is 78.9 Å². The number of nitrogens with one attached hydrogen (secondary N) is 1. The summed E-state index contributed by atoms with van der Waals surface area (Å²) in [6.45, 7) is 8.39. The van der Waals surface area contributed by atoms with Crippen molar-refractivity contribution in [1.29, 1.82) is 0 Å². The Labute approximate surface area is 414 Å². The SMILES string of the molecule is COc1ncc(C(=O)N2CCC(CCc3ccc(N(C=O)C4CCC(=O)NC4=O)c(N(C)C)c3)CC2)cc1-c1nc2c(n1C(C)C)C(c1ccc(Cl)cc1)N(/C(C)=C/C(Cl)=C\N(C)C=O)C2=O.[B]C. The number of piperidine rings is 2. The summed E-state index contributed by atoms with van der Waals surface area (Å²) in [5.41, 5.74) is 5.49. The quantitative estimate of drug-likeness (QED) is 0.0519. The molecule has 0 bridgehead atoms. The Balaban J connectivity index is 0.00000386. The average molecular weight is 979 g/mol. The third kappa shape index (κ3) is 11.2. The van der Waals surface area contributed by atoms with Crippen LogP contribution in [0.4, 0.5) is 11.4 Å². The predicted molar refractivity (Wildman–Crippen MR) is 267 cm³/mol. The van der Waals surface area contributed by atoms with E-state index in [1.165, 1.54) is 36.1 Å². The minimum atomic E-state index is -0.770. The molecule has 0 spiro atoms. The molecule has 2 unspecified atom stereocenters. The highest BCUT2D eigenvalue weighted by Gasteiger charge is 2.45. The monoisotopic (exact) mass is 977 g/mol. The summed E-state index contributed by atoms with van der Waals surface area (Å²) in [6, 6.07) is 13.3. The van der Waals surface area contributed by atoms with E-state index < -0.39 is 18.0 Å². The fourth-order valence-electron chi connectivity index (χ4n) is 9.19. The van der Waals surface area contributed by atoms with E-state index in [0.29, 0.717) is 70.9 Å². The van der Waals surface area contributed by atoms with E-state index in [1.807, 2.05) is 72.6 Å². The van der Waals surface area contributed by atoms with Gasteiger partial charge >= 0.3 is 0 Å². The van der Waals surface area contributed by atoms with Gasteiger partial charge in [-0.15, -0.1) is 0 Å². The Morgan fingerprint density at radius 2 is 1.68 bits per heavy atom. The number of halogens is 2. The lowest BCUT2D eigenvalue weighted by Gasteiger charge is -2.33. The number of aromatic nitrogens is 3. The lowest BCUT2D eigenvalue weighted by Crippen LogP contribution is -2.52. The number of aryl methyl sites for hydroxylation is 1. The van der Waals surface area contributed by atoms with E-state index >= 15 is 0 Å². The molecule has 2 radical (unpaired) electrons. The first-order valence-electron chi connectivity index (χ1n) is 22.8. The Morgan fingerprint density at radius 1 is 0.986 bits per heavy atom. The summed E-state index contributed by atoms with van der Waals surface area (Å²) in [5, 5.41) is 3.12. The number of anilines is 2. The third-order valence-electron chi connectivity index (χ3n) is 12.5. The molecule has 5 heterocycles. The molecule has 2 aromatic carbocycles. The van der Waals surface area contributed by atoms with Crippen LogP contribution in [0.1, 0.15) is 103 Å². The first kappa shape index (κ1) is 51.9. The summed E-state index contributed by atoms with van der Waals surface area (Å²) in [7, 11) is 11.3. The second-order valence-electron chi connectivity index (χ2n) is 17.6. The summed E-state index contributed by atoms with van der Waals surface area (Å²) in [6.07, 6.45) is 9.60. The van der Waals surface area contributed by atoms with Crippen LogP contribution in [0.2, 0.25) is 11.8 Å². The van der Waals surface area contributed by atoms with Gasteiger partial charge in [-0.1, -0.05) is 48.2 Å². The first-order chi connectivity index (χ1) is 33.0. The van der Waals surface area contributed by atoms with Gasteiger partial charge in [-0.3, -0.25) is 39.0 Å². The summed E-state index contributed by atoms with van der Waals surface area (Å²) < 4.78 is 7.75. The number of allylic oxidation sites excluding steroid dienone is 3. The molecule has 0 aliphatic carbocycles. The topological polar surface area (TPSA) is 171 Å². The van der Waals surface area contributed by atoms with Crippen molar-refractivity contribution in [3.05, 3.63) is 111 Å². The molecule has 3 aliphatic heterocycles. The second kappa shape index (κ2) is 22.8. The molecule has 69 heavy (non-hydrogen) atoms. The average Bonchev–Trinajstić information content (AvgIpc) is 3.87. The molecule has 7 rings (SSSR count). The fraction of sp³-hybridized carbons (Fsp3) is 0.400. The van der Waals surface area contributed by atoms with Crippen LogP contribution >= 0.6 is 23.2 Å². The number of methoxy groups -OCH3 is 1. The molecule has 0 saturated carbocycles. The Hall–Kier alpha value is -6.46. The van der Waals surface area contributed by atoms with Gasteiger partial charge in [0.1, 0.15) is 17.9 Å². The fourth-order valence-corrected chi connectivity index (χ4v) is 9.63. The Kier molecular flexibility index (Phi) is 17.1. The van der Waals surface area contributed by atoms with Gasteiger partial charge in [0.25, 0.3) is 11.8 Å². The number of likely N-dealkylation sites (tertiary alicyclic amines) is 1. The molecule has 2 fully saturated rings. The smallest absolute Gasteiger partial charge is 0.279 e. The lowest BCUT2D eigenvalue weighted by atomic mass is 9.90. The number of imide groups is 1. The van der Waals surface area contributed by atoms with Crippen molar-refractivity contribution in [2.24, 2.45) is 5.92 Å². The summed E-state index contributed by atoms with van der Waals surface area (Å²) in [5.74, 6) is -0.294. The van der Waals surface area contributed by atoms with Gasteiger partial charge in [0.05, 0.1) is 48.2 Å². The van der Waals surface area contributed by atoms with Crippen LogP contribution in [-0.2, 0) is 25.6 Å². The van der Waals surface area contributed by atoms with E-state index in [2.05, 4.69) is 18.1 Å². The highest BCUT2D eigenvalue weighted by Crippen LogP contribution is 2.46. The van der Waals surface area contributed by atoms with E-state index in [9.17, 15) is 28.8 Å². The van der Waals surface area contributed by atoms with Crippen LogP contribution < -0.4 is 19.9 Å². The van der Waals surface area contributed by atoms with Crippen molar-refractivity contribution in [2.75, 3.05) is 51.1 Å². The molecule has 3 aliphatic rings. The molecule has 362 valence electrons. The van der Waals surface area contributed by atoms with Crippen LogP contribution in [-0.4, -0.2) is 121 Å². The number of rotatable bonds is 16. The number of hydrogen-bond donors (Lipinski definition) is 1. The highest BCUT2D eigenvalue weighted by molar-refractivity contribution is 6.31. The van der Waals surface area contributed by atoms with Crippen molar-refractivity contribution in [1.82, 2.24) is 34.6 Å². The molecule has 1 N–H and O–H groups in total. The van der Waals surface area contributed by atoms with Gasteiger partial charge in [0, 0.05) is 69.8 Å². The number of amides is 6. The van der Waals surface area contributed by atoms with Gasteiger partial charge < -0.3 is 28.9 Å². The number of benzene rings is 2. The molecule has 2 saturated heterocycles. The Morgan fingerprint density at radius 3 is 2.29 bits per heavy atom. The van der Waals surface area contributed by atoms with E-state index in [-0.39, 0.29) is 53.2 Å². The number of imidazole rings is 1. The molecule has 2 atom stereocenters. The summed E-state index contributed by atoms with van der Waals surface area (Å²) >= 11 is 12.8. The minimum Gasteiger partial charge on any atom is -0.480 e. The minimum absolute atomic E-state index is 0.166. The van der Waals surface area contributed by atoms with Gasteiger partial charge in [-0.2, -0.15) is 0 Å². The lowest BCUT2D eigenvalue weighted by molar-refractivity contribution is -0.134. The second-order valence-corrected chi connectivity index (χ2v) is 18.5. The van der Waals surface area contributed by atoms with Crippen molar-refractivity contribution in [2.45, 2.75) is 84.2 Å². The van der Waals surface area contributed by atoms with E-state index in [0.717, 1.165) is 42.5 Å². The number of ether oxygens (including phenoxy) is 1. The maximum absolute atomic E-state index is 14.5. The van der Waals surface area contributed by atoms with E-state index in [4.69, 9.17) is 32.9 Å². The molecular formula is C50H58BCl2N9O7. The number of carbonyl (C=O) groups excluding carboxylic acids is 6. The molecular weight excluding hydrogens is 920 g/mol. The third-order valence-corrected chi connectivity index (χ3v) is 13.0. The number of hydrogen-bond acceptors (Lipinski definition) is 10. The largest absolute Gasteiger partial charge is 0.480 e. The highest BCUT2D eigenvalue weighted by atomic mass is 35.5. The number of carbonyl (C=O) groups is 6. The zero-order valence-corrected chi connectivity index (χ0v) is 41.8. The van der Waals surface area contributed by atoms with Crippen molar-refractivity contribution < 1.29 is 33.5 Å². The molecule has 6 amide bonds. The standard InChI is InChI=1S/C49H55Cl2N9O7.CH3B/c1-29(2)59-44-42(49(66)60(30(3)22-36(51)26-56(6)27-61)43(44)33-11-13-35(50)14-12-33)54-45(59)37-24-34(25-52-47(37)67-7)48(65)57-20-18-31(19-21-57)8-9-32-10-15-38(40(23-32)55(4)5)58(28-62)39-16-17-41(63)53-46(39)64;1-2/h10-15,22-29,31,39,43H,8-9,16-21H2,1-7H3,(H,53,63,64);1H3/b30-22+,36-26+;. The molecule has 19 heteroatoms. The number of pyridine rings is 1. The number of fused-ring (bicyclic) bond motifs is 1. The van der Waals surface area contributed by atoms with Crippen LogP contribution in [0.3, 0.4) is 0 Å². The maximum atomic E-state index is 14.5. The van der Waals surface area contributed by atoms with Crippen LogP contribution in [0.25, 0.3) is 11.4 Å². The number of nitrogens with zero attached hydrogens (tertiary/aromatic N) is 8. The van der Waals surface area contributed by atoms with Gasteiger partial charge in [-0.25, -0.2) is 9.97 Å². The van der Waals surface area contributed by atoms with Crippen molar-refractivity contribution in [3.8, 4) is 17.3 Å². The predicted octanol–water partition coefficient (Wildman–Crippen LogP) is 7.33. The zero-order valence-electron chi connectivity index (χ0n) is 40.2. The van der Waals surface area contributed by atoms with Crippen LogP contribution in [0, 0.1) is 5.92 Å². The van der Waals surface area contributed by atoms with Crippen LogP contribution in [0.5, 0.6) is 5.88 Å². The Bertz CT molecular complexity index is 2640. The zero-order chi connectivity index (χ0) is 50.3. The van der Waals surface area contributed by atoms with Gasteiger partial charge in [0.15, 0.2) is 5.69 Å². The molecule has 2 aromatic heterocycles. The van der Waals surface area contributed by atoms with Crippen molar-refractivity contribution in [3.63, 3.8) is 0 Å². The normalized spacial score (nSPS) is 17.5.